The summed E-state index contributed by atoms with van der Waals surface area (Å²) in [6, 6.07) is 12.5. The third-order valence-electron chi connectivity index (χ3n) is 2.94. The highest BCUT2D eigenvalue weighted by Gasteiger charge is 2.09. The number of aromatic nitrogens is 2. The second kappa shape index (κ2) is 3.34. The summed E-state index contributed by atoms with van der Waals surface area (Å²) in [7, 11) is 0. The average Bonchev–Trinajstić information content (AvgIpc) is 2.76. The molecule has 0 aliphatic heterocycles. The Morgan fingerprint density at radius 3 is 2.56 bits per heavy atom. The molecule has 1 aromatic carbocycles. The van der Waals surface area contributed by atoms with Crippen molar-refractivity contribution in [1.29, 1.82) is 0 Å². The summed E-state index contributed by atoms with van der Waals surface area (Å²) < 4.78 is 2.22. The van der Waals surface area contributed by atoms with Crippen LogP contribution in [0.5, 0.6) is 0 Å². The van der Waals surface area contributed by atoms with Crippen LogP contribution in [0.1, 0.15) is 25.5 Å². The van der Waals surface area contributed by atoms with Crippen molar-refractivity contribution < 1.29 is 0 Å². The summed E-state index contributed by atoms with van der Waals surface area (Å²) >= 11 is 0. The van der Waals surface area contributed by atoms with Gasteiger partial charge >= 0.3 is 0 Å². The fourth-order valence-electron chi connectivity index (χ4n) is 2.17. The average molecular weight is 210 g/mol. The molecule has 2 heteroatoms. The van der Waals surface area contributed by atoms with Gasteiger partial charge in [0.15, 0.2) is 0 Å². The zero-order chi connectivity index (χ0) is 11.1. The first kappa shape index (κ1) is 9.40. The zero-order valence-electron chi connectivity index (χ0n) is 9.51. The SMILES string of the molecule is CC(C)c1nc2ccccc2n2cccc12. The molecular formula is C14H14N2. The highest BCUT2D eigenvalue weighted by molar-refractivity contribution is 5.79. The van der Waals surface area contributed by atoms with Crippen LogP contribution < -0.4 is 0 Å². The van der Waals surface area contributed by atoms with Crippen LogP contribution >= 0.6 is 0 Å². The van der Waals surface area contributed by atoms with E-state index < -0.39 is 0 Å². The molecule has 16 heavy (non-hydrogen) atoms. The van der Waals surface area contributed by atoms with E-state index in [-0.39, 0.29) is 0 Å². The van der Waals surface area contributed by atoms with E-state index in [0.717, 1.165) is 5.52 Å². The van der Waals surface area contributed by atoms with Gasteiger partial charge in [0.25, 0.3) is 0 Å². The molecule has 0 saturated heterocycles. The highest BCUT2D eigenvalue weighted by atomic mass is 14.9. The van der Waals surface area contributed by atoms with E-state index in [1.54, 1.807) is 0 Å². The number of benzene rings is 1. The van der Waals surface area contributed by atoms with Gasteiger partial charge in [-0.25, -0.2) is 4.98 Å². The predicted molar refractivity (Wildman–Crippen MR) is 66.8 cm³/mol. The van der Waals surface area contributed by atoms with Crippen LogP contribution in [-0.4, -0.2) is 9.38 Å². The van der Waals surface area contributed by atoms with Crippen molar-refractivity contribution in [2.24, 2.45) is 0 Å². The third-order valence-corrected chi connectivity index (χ3v) is 2.94. The molecule has 0 aliphatic rings. The molecule has 2 aromatic heterocycles. The number of hydrogen-bond acceptors (Lipinski definition) is 1. The Balaban J connectivity index is 2.53. The molecule has 0 fully saturated rings. The second-order valence-electron chi connectivity index (χ2n) is 4.40. The Morgan fingerprint density at radius 1 is 1.00 bits per heavy atom. The largest absolute Gasteiger partial charge is 0.313 e. The monoisotopic (exact) mass is 210 g/mol. The molecular weight excluding hydrogens is 196 g/mol. The molecule has 0 N–H and O–H groups in total. The van der Waals surface area contributed by atoms with Gasteiger partial charge in [-0.2, -0.15) is 0 Å². The summed E-state index contributed by atoms with van der Waals surface area (Å²) in [6.45, 7) is 4.37. The van der Waals surface area contributed by atoms with E-state index in [2.05, 4.69) is 54.8 Å². The molecule has 3 rings (SSSR count). The van der Waals surface area contributed by atoms with Crippen molar-refractivity contribution in [2.75, 3.05) is 0 Å². The van der Waals surface area contributed by atoms with Crippen molar-refractivity contribution in [3.05, 3.63) is 48.3 Å². The molecule has 0 spiro atoms. The quantitative estimate of drug-likeness (QED) is 0.599. The molecule has 0 bridgehead atoms. The molecule has 3 aromatic rings. The first-order valence-corrected chi connectivity index (χ1v) is 5.63. The number of fused-ring (bicyclic) bond motifs is 3. The van der Waals surface area contributed by atoms with E-state index in [1.807, 2.05) is 6.07 Å². The second-order valence-corrected chi connectivity index (χ2v) is 4.40. The van der Waals surface area contributed by atoms with Crippen LogP contribution in [0.15, 0.2) is 42.6 Å². The van der Waals surface area contributed by atoms with Crippen LogP contribution in [0, 0.1) is 0 Å². The van der Waals surface area contributed by atoms with Gasteiger partial charge in [0, 0.05) is 6.20 Å². The maximum absolute atomic E-state index is 4.75. The molecule has 80 valence electrons. The van der Waals surface area contributed by atoms with Gasteiger partial charge < -0.3 is 4.40 Å². The molecule has 0 saturated carbocycles. The minimum Gasteiger partial charge on any atom is -0.313 e. The first-order valence-electron chi connectivity index (χ1n) is 5.63. The topological polar surface area (TPSA) is 17.3 Å². The van der Waals surface area contributed by atoms with Gasteiger partial charge in [-0.15, -0.1) is 0 Å². The predicted octanol–water partition coefficient (Wildman–Crippen LogP) is 3.61. The fraction of sp³-hybridized carbons (Fsp3) is 0.214. The number of nitrogens with zero attached hydrogens (tertiary/aromatic N) is 2. The lowest BCUT2D eigenvalue weighted by Crippen LogP contribution is -1.99. The molecule has 0 radical (unpaired) electrons. The van der Waals surface area contributed by atoms with Crippen molar-refractivity contribution >= 4 is 16.6 Å². The summed E-state index contributed by atoms with van der Waals surface area (Å²) in [5, 5.41) is 0. The number of para-hydroxylation sites is 2. The Bertz CT molecular complexity index is 650. The smallest absolute Gasteiger partial charge is 0.0874 e. The molecule has 2 heterocycles. The summed E-state index contributed by atoms with van der Waals surface area (Å²) in [6.07, 6.45) is 2.10. The lowest BCUT2D eigenvalue weighted by molar-refractivity contribution is 0.832. The van der Waals surface area contributed by atoms with Gasteiger partial charge in [-0.1, -0.05) is 26.0 Å². The maximum Gasteiger partial charge on any atom is 0.0874 e. The van der Waals surface area contributed by atoms with E-state index in [0.29, 0.717) is 5.92 Å². The Hall–Kier alpha value is -1.83. The number of hydrogen-bond donors (Lipinski definition) is 0. The first-order chi connectivity index (χ1) is 7.77. The molecule has 0 unspecified atom stereocenters. The summed E-state index contributed by atoms with van der Waals surface area (Å²) in [5.74, 6) is 0.446. The Kier molecular flexibility index (Phi) is 1.96. The van der Waals surface area contributed by atoms with Crippen LogP contribution in [0.4, 0.5) is 0 Å². The minimum atomic E-state index is 0.446. The van der Waals surface area contributed by atoms with Gasteiger partial charge in [-0.3, -0.25) is 0 Å². The van der Waals surface area contributed by atoms with Gasteiger partial charge in [0.1, 0.15) is 0 Å². The third kappa shape index (κ3) is 1.23. The van der Waals surface area contributed by atoms with E-state index in [4.69, 9.17) is 4.98 Å². The van der Waals surface area contributed by atoms with Gasteiger partial charge in [0.05, 0.1) is 22.2 Å². The van der Waals surface area contributed by atoms with Crippen LogP contribution in [0.2, 0.25) is 0 Å². The van der Waals surface area contributed by atoms with Crippen LogP contribution in [0.3, 0.4) is 0 Å². The Morgan fingerprint density at radius 2 is 1.75 bits per heavy atom. The van der Waals surface area contributed by atoms with Gasteiger partial charge in [-0.05, 0) is 30.2 Å². The van der Waals surface area contributed by atoms with Crippen molar-refractivity contribution in [3.63, 3.8) is 0 Å². The lowest BCUT2D eigenvalue weighted by Gasteiger charge is -2.10. The van der Waals surface area contributed by atoms with E-state index in [9.17, 15) is 0 Å². The van der Waals surface area contributed by atoms with E-state index >= 15 is 0 Å². The molecule has 0 amide bonds. The fourth-order valence-corrected chi connectivity index (χ4v) is 2.17. The normalized spacial score (nSPS) is 11.7. The van der Waals surface area contributed by atoms with Crippen molar-refractivity contribution in [1.82, 2.24) is 9.38 Å². The minimum absolute atomic E-state index is 0.446. The number of rotatable bonds is 1. The van der Waals surface area contributed by atoms with Crippen LogP contribution in [0.25, 0.3) is 16.6 Å². The van der Waals surface area contributed by atoms with Gasteiger partial charge in [0.2, 0.25) is 0 Å². The maximum atomic E-state index is 4.75. The van der Waals surface area contributed by atoms with Crippen molar-refractivity contribution in [2.45, 2.75) is 19.8 Å². The highest BCUT2D eigenvalue weighted by Crippen LogP contribution is 2.23. The van der Waals surface area contributed by atoms with Crippen LogP contribution in [-0.2, 0) is 0 Å². The molecule has 2 nitrogen and oxygen atoms in total. The van der Waals surface area contributed by atoms with Crippen molar-refractivity contribution in [3.8, 4) is 0 Å². The lowest BCUT2D eigenvalue weighted by atomic mass is 10.1. The summed E-state index contributed by atoms with van der Waals surface area (Å²) in [5.41, 5.74) is 4.62. The van der Waals surface area contributed by atoms with E-state index in [1.165, 1.54) is 16.7 Å². The molecule has 0 atom stereocenters. The zero-order valence-corrected chi connectivity index (χ0v) is 9.51. The standard InChI is InChI=1S/C14H14N2/c1-10(2)14-13-8-5-9-16(13)12-7-4-3-6-11(12)15-14/h3-10H,1-2H3. The molecule has 0 aliphatic carbocycles. The summed E-state index contributed by atoms with van der Waals surface area (Å²) in [4.78, 5) is 4.75. The Labute approximate surface area is 94.5 Å².